The predicted molar refractivity (Wildman–Crippen MR) is 85.5 cm³/mol. The molecule has 0 saturated heterocycles. The maximum Gasteiger partial charge on any atom is 0.272 e. The van der Waals surface area contributed by atoms with Gasteiger partial charge in [0.05, 0.1) is 6.04 Å². The highest BCUT2D eigenvalue weighted by molar-refractivity contribution is 5.92. The van der Waals surface area contributed by atoms with E-state index in [-0.39, 0.29) is 18.6 Å². The molecule has 0 aliphatic heterocycles. The van der Waals surface area contributed by atoms with Crippen LogP contribution in [0.25, 0.3) is 0 Å². The molecule has 0 fully saturated rings. The summed E-state index contributed by atoms with van der Waals surface area (Å²) in [5.41, 5.74) is 2.32. The van der Waals surface area contributed by atoms with Crippen molar-refractivity contribution in [1.29, 1.82) is 0 Å². The van der Waals surface area contributed by atoms with Crippen molar-refractivity contribution in [2.24, 2.45) is 5.92 Å². The van der Waals surface area contributed by atoms with Gasteiger partial charge in [-0.3, -0.25) is 9.89 Å². The number of amides is 1. The zero-order valence-corrected chi connectivity index (χ0v) is 13.0. The maximum atomic E-state index is 12.3. The van der Waals surface area contributed by atoms with Gasteiger partial charge >= 0.3 is 0 Å². The molecule has 1 unspecified atom stereocenters. The molecule has 0 saturated carbocycles. The molecule has 0 radical (unpaired) electrons. The number of hydrogen-bond donors (Lipinski definition) is 3. The number of nitrogens with one attached hydrogen (secondary N) is 2. The first-order valence-corrected chi connectivity index (χ1v) is 7.61. The lowest BCUT2D eigenvalue weighted by atomic mass is 10.0. The second-order valence-electron chi connectivity index (χ2n) is 5.83. The fourth-order valence-corrected chi connectivity index (χ4v) is 2.39. The summed E-state index contributed by atoms with van der Waals surface area (Å²) in [6.07, 6.45) is 1.33. The van der Waals surface area contributed by atoms with E-state index in [1.54, 1.807) is 6.07 Å². The number of rotatable bonds is 7. The molecule has 1 atom stereocenters. The second-order valence-corrected chi connectivity index (χ2v) is 5.83. The second kappa shape index (κ2) is 7.75. The van der Waals surface area contributed by atoms with Crippen molar-refractivity contribution < 1.29 is 9.90 Å². The van der Waals surface area contributed by atoms with Crippen LogP contribution in [0.4, 0.5) is 0 Å². The van der Waals surface area contributed by atoms with E-state index in [1.807, 2.05) is 30.3 Å². The van der Waals surface area contributed by atoms with E-state index < -0.39 is 0 Å². The van der Waals surface area contributed by atoms with E-state index in [2.05, 4.69) is 29.4 Å². The van der Waals surface area contributed by atoms with Crippen LogP contribution in [0, 0.1) is 5.92 Å². The number of benzene rings is 1. The van der Waals surface area contributed by atoms with Crippen molar-refractivity contribution >= 4 is 5.91 Å². The lowest BCUT2D eigenvalue weighted by Crippen LogP contribution is -2.29. The zero-order chi connectivity index (χ0) is 15.9. The molecule has 0 bridgehead atoms. The van der Waals surface area contributed by atoms with Crippen LogP contribution in [0.1, 0.15) is 48.1 Å². The smallest absolute Gasteiger partial charge is 0.272 e. The van der Waals surface area contributed by atoms with Gasteiger partial charge in [0.1, 0.15) is 5.69 Å². The minimum Gasteiger partial charge on any atom is -0.396 e. The van der Waals surface area contributed by atoms with E-state index in [0.717, 1.165) is 17.7 Å². The third kappa shape index (κ3) is 4.43. The summed E-state index contributed by atoms with van der Waals surface area (Å²) >= 11 is 0. The van der Waals surface area contributed by atoms with Gasteiger partial charge in [-0.1, -0.05) is 44.2 Å². The Labute approximate surface area is 130 Å². The highest BCUT2D eigenvalue weighted by atomic mass is 16.3. The SMILES string of the molecule is CC(C)Cc1cc(C(=O)NC(CCO)c2ccccc2)n[nH]1. The molecule has 22 heavy (non-hydrogen) atoms. The molecule has 3 N–H and O–H groups in total. The van der Waals surface area contributed by atoms with Crippen LogP contribution in [0.5, 0.6) is 0 Å². The summed E-state index contributed by atoms with van der Waals surface area (Å²) in [4.78, 5) is 12.3. The van der Waals surface area contributed by atoms with E-state index in [0.29, 0.717) is 18.0 Å². The molecule has 1 heterocycles. The van der Waals surface area contributed by atoms with Crippen molar-refractivity contribution in [1.82, 2.24) is 15.5 Å². The molecule has 1 aromatic heterocycles. The molecule has 0 spiro atoms. The Hall–Kier alpha value is -2.14. The number of aromatic amines is 1. The third-order valence-corrected chi connectivity index (χ3v) is 3.42. The van der Waals surface area contributed by atoms with Gasteiger partial charge in [0.25, 0.3) is 5.91 Å². The number of H-pyrrole nitrogens is 1. The Bertz CT molecular complexity index is 593. The average Bonchev–Trinajstić information content (AvgIpc) is 2.95. The molecule has 1 amide bonds. The lowest BCUT2D eigenvalue weighted by molar-refractivity contribution is 0.0925. The standard InChI is InChI=1S/C17H23N3O2/c1-12(2)10-14-11-16(20-19-14)17(22)18-15(8-9-21)13-6-4-3-5-7-13/h3-7,11-12,15,21H,8-10H2,1-2H3,(H,18,22)(H,19,20). The van der Waals surface area contributed by atoms with Crippen LogP contribution >= 0.6 is 0 Å². The van der Waals surface area contributed by atoms with E-state index in [1.165, 1.54) is 0 Å². The minimum absolute atomic E-state index is 0.0129. The van der Waals surface area contributed by atoms with Gasteiger partial charge in [0.2, 0.25) is 0 Å². The predicted octanol–water partition coefficient (Wildman–Crippen LogP) is 2.46. The number of aliphatic hydroxyl groups is 1. The third-order valence-electron chi connectivity index (χ3n) is 3.42. The molecular formula is C17H23N3O2. The van der Waals surface area contributed by atoms with E-state index in [9.17, 15) is 9.90 Å². The van der Waals surface area contributed by atoms with Gasteiger partial charge in [-0.2, -0.15) is 5.10 Å². The fourth-order valence-electron chi connectivity index (χ4n) is 2.39. The highest BCUT2D eigenvalue weighted by Crippen LogP contribution is 2.17. The first-order chi connectivity index (χ1) is 10.6. The fraction of sp³-hybridized carbons (Fsp3) is 0.412. The summed E-state index contributed by atoms with van der Waals surface area (Å²) in [7, 11) is 0. The number of aliphatic hydroxyl groups excluding tert-OH is 1. The highest BCUT2D eigenvalue weighted by Gasteiger charge is 2.17. The summed E-state index contributed by atoms with van der Waals surface area (Å²) < 4.78 is 0. The Morgan fingerprint density at radius 1 is 1.32 bits per heavy atom. The van der Waals surface area contributed by atoms with Crippen LogP contribution in [0.3, 0.4) is 0 Å². The van der Waals surface area contributed by atoms with Crippen LogP contribution in [-0.4, -0.2) is 27.8 Å². The first-order valence-electron chi connectivity index (χ1n) is 7.61. The first kappa shape index (κ1) is 16.2. The van der Waals surface area contributed by atoms with Crippen molar-refractivity contribution in [3.63, 3.8) is 0 Å². The zero-order valence-electron chi connectivity index (χ0n) is 13.0. The van der Waals surface area contributed by atoms with Gasteiger partial charge in [-0.15, -0.1) is 0 Å². The normalized spacial score (nSPS) is 12.4. The molecular weight excluding hydrogens is 278 g/mol. The van der Waals surface area contributed by atoms with Crippen molar-refractivity contribution in [3.05, 3.63) is 53.3 Å². The largest absolute Gasteiger partial charge is 0.396 e. The Morgan fingerprint density at radius 3 is 2.68 bits per heavy atom. The molecule has 0 aliphatic rings. The molecule has 2 aromatic rings. The number of hydrogen-bond acceptors (Lipinski definition) is 3. The molecule has 0 aliphatic carbocycles. The minimum atomic E-state index is -0.228. The van der Waals surface area contributed by atoms with Gasteiger partial charge in [-0.05, 0) is 30.4 Å². The van der Waals surface area contributed by atoms with Crippen LogP contribution in [-0.2, 0) is 6.42 Å². The molecule has 1 aromatic carbocycles. The molecule has 5 heteroatoms. The Kier molecular flexibility index (Phi) is 5.72. The summed E-state index contributed by atoms with van der Waals surface area (Å²) in [5.74, 6) is 0.274. The topological polar surface area (TPSA) is 78.0 Å². The maximum absolute atomic E-state index is 12.3. The van der Waals surface area contributed by atoms with Crippen LogP contribution in [0.2, 0.25) is 0 Å². The van der Waals surface area contributed by atoms with Gasteiger partial charge in [0.15, 0.2) is 0 Å². The van der Waals surface area contributed by atoms with Crippen molar-refractivity contribution in [3.8, 4) is 0 Å². The quantitative estimate of drug-likeness (QED) is 0.735. The summed E-state index contributed by atoms with van der Waals surface area (Å²) in [5, 5.41) is 19.1. The van der Waals surface area contributed by atoms with Gasteiger partial charge in [0, 0.05) is 12.3 Å². The summed E-state index contributed by atoms with van der Waals surface area (Å²) in [6.45, 7) is 4.25. The van der Waals surface area contributed by atoms with E-state index in [4.69, 9.17) is 0 Å². The van der Waals surface area contributed by atoms with Crippen LogP contribution in [0.15, 0.2) is 36.4 Å². The Balaban J connectivity index is 2.06. The number of carbonyl (C=O) groups excluding carboxylic acids is 1. The number of aromatic nitrogens is 2. The molecule has 118 valence electrons. The molecule has 5 nitrogen and oxygen atoms in total. The molecule has 2 rings (SSSR count). The summed E-state index contributed by atoms with van der Waals surface area (Å²) in [6, 6.07) is 11.2. The van der Waals surface area contributed by atoms with Gasteiger partial charge < -0.3 is 10.4 Å². The van der Waals surface area contributed by atoms with Crippen molar-refractivity contribution in [2.75, 3.05) is 6.61 Å². The average molecular weight is 301 g/mol. The van der Waals surface area contributed by atoms with Crippen LogP contribution < -0.4 is 5.32 Å². The van der Waals surface area contributed by atoms with Gasteiger partial charge in [-0.25, -0.2) is 0 Å². The number of carbonyl (C=O) groups is 1. The number of nitrogens with zero attached hydrogens (tertiary/aromatic N) is 1. The van der Waals surface area contributed by atoms with E-state index >= 15 is 0 Å². The Morgan fingerprint density at radius 2 is 2.05 bits per heavy atom. The lowest BCUT2D eigenvalue weighted by Gasteiger charge is -2.17. The van der Waals surface area contributed by atoms with Crippen molar-refractivity contribution in [2.45, 2.75) is 32.7 Å². The monoisotopic (exact) mass is 301 g/mol.